The molecule has 2 aromatic rings. The van der Waals surface area contributed by atoms with Gasteiger partial charge in [-0.2, -0.15) is 0 Å². The molecule has 24 heavy (non-hydrogen) atoms. The molecule has 2 rings (SSSR count). The van der Waals surface area contributed by atoms with Crippen LogP contribution in [0.4, 0.5) is 5.69 Å². The maximum Gasteiger partial charge on any atom is 0.340 e. The number of rotatable bonds is 6. The maximum atomic E-state index is 12.3. The van der Waals surface area contributed by atoms with E-state index in [-0.39, 0.29) is 15.5 Å². The number of hydrogen-bond acceptors (Lipinski definition) is 6. The van der Waals surface area contributed by atoms with Crippen molar-refractivity contribution in [2.24, 2.45) is 0 Å². The summed E-state index contributed by atoms with van der Waals surface area (Å²) >= 11 is 6.12. The molecular formula is C15H17ClN2O5S. The molecular weight excluding hydrogens is 356 g/mol. The van der Waals surface area contributed by atoms with Crippen LogP contribution in [0.25, 0.3) is 0 Å². The minimum atomic E-state index is -3.80. The van der Waals surface area contributed by atoms with Gasteiger partial charge in [0.1, 0.15) is 10.7 Å². The highest BCUT2D eigenvalue weighted by molar-refractivity contribution is 7.89. The van der Waals surface area contributed by atoms with Gasteiger partial charge < -0.3 is 14.5 Å². The van der Waals surface area contributed by atoms with E-state index < -0.39 is 16.0 Å². The van der Waals surface area contributed by atoms with E-state index in [2.05, 4.69) is 5.32 Å². The Morgan fingerprint density at radius 1 is 1.38 bits per heavy atom. The van der Waals surface area contributed by atoms with E-state index in [1.807, 2.05) is 0 Å². The zero-order chi connectivity index (χ0) is 17.9. The summed E-state index contributed by atoms with van der Waals surface area (Å²) < 4.78 is 35.6. The Bertz CT molecular complexity index is 832. The van der Waals surface area contributed by atoms with Gasteiger partial charge in [-0.05, 0) is 24.3 Å². The number of sulfonamides is 1. The molecule has 0 spiro atoms. The third-order valence-corrected chi connectivity index (χ3v) is 5.55. The Hall–Kier alpha value is -2.03. The molecule has 130 valence electrons. The highest BCUT2D eigenvalue weighted by Gasteiger charge is 2.25. The number of carbonyl (C=O) groups is 1. The van der Waals surface area contributed by atoms with Crippen LogP contribution in [0.2, 0.25) is 5.02 Å². The van der Waals surface area contributed by atoms with E-state index in [1.54, 1.807) is 12.1 Å². The molecule has 0 aliphatic rings. The van der Waals surface area contributed by atoms with Crippen molar-refractivity contribution in [2.45, 2.75) is 11.4 Å². The van der Waals surface area contributed by atoms with Gasteiger partial charge in [0, 0.05) is 14.1 Å². The molecule has 1 N–H and O–H groups in total. The summed E-state index contributed by atoms with van der Waals surface area (Å²) in [5, 5.41) is 2.99. The van der Waals surface area contributed by atoms with Crippen LogP contribution in [0.5, 0.6) is 0 Å². The van der Waals surface area contributed by atoms with Gasteiger partial charge in [-0.15, -0.1) is 0 Å². The standard InChI is InChI=1S/C15H17ClN2O5S/c1-18(2)24(20,21)14-7-11(15(19)22-3)13(8-12(14)16)17-9-10-5-4-6-23-10/h4-8,17H,9H2,1-3H3. The van der Waals surface area contributed by atoms with Gasteiger partial charge in [0.25, 0.3) is 0 Å². The fourth-order valence-electron chi connectivity index (χ4n) is 1.97. The van der Waals surface area contributed by atoms with Crippen LogP contribution < -0.4 is 5.32 Å². The molecule has 9 heteroatoms. The van der Waals surface area contributed by atoms with E-state index in [1.165, 1.54) is 39.6 Å². The lowest BCUT2D eigenvalue weighted by atomic mass is 10.1. The third kappa shape index (κ3) is 3.72. The molecule has 0 amide bonds. The summed E-state index contributed by atoms with van der Waals surface area (Å²) in [5.74, 6) is -0.0317. The van der Waals surface area contributed by atoms with Crippen LogP contribution in [-0.4, -0.2) is 39.9 Å². The molecule has 1 heterocycles. The number of methoxy groups -OCH3 is 1. The topological polar surface area (TPSA) is 88.9 Å². The number of esters is 1. The smallest absolute Gasteiger partial charge is 0.340 e. The van der Waals surface area contributed by atoms with Crippen LogP contribution in [0.15, 0.2) is 39.8 Å². The van der Waals surface area contributed by atoms with Gasteiger partial charge in [-0.3, -0.25) is 0 Å². The molecule has 0 unspecified atom stereocenters. The number of nitrogens with one attached hydrogen (secondary N) is 1. The lowest BCUT2D eigenvalue weighted by Crippen LogP contribution is -2.23. The van der Waals surface area contributed by atoms with Gasteiger partial charge in [-0.1, -0.05) is 11.6 Å². The largest absolute Gasteiger partial charge is 0.467 e. The van der Waals surface area contributed by atoms with Crippen LogP contribution in [0.1, 0.15) is 16.1 Å². The molecule has 0 saturated carbocycles. The van der Waals surface area contributed by atoms with Crippen molar-refractivity contribution in [1.82, 2.24) is 4.31 Å². The molecule has 0 aliphatic heterocycles. The van der Waals surface area contributed by atoms with Crippen molar-refractivity contribution in [3.63, 3.8) is 0 Å². The van der Waals surface area contributed by atoms with Gasteiger partial charge in [0.15, 0.2) is 0 Å². The Morgan fingerprint density at radius 3 is 2.62 bits per heavy atom. The van der Waals surface area contributed by atoms with Crippen LogP contribution in [0.3, 0.4) is 0 Å². The van der Waals surface area contributed by atoms with Crippen molar-refractivity contribution < 1.29 is 22.4 Å². The monoisotopic (exact) mass is 372 g/mol. The van der Waals surface area contributed by atoms with E-state index in [4.69, 9.17) is 20.8 Å². The van der Waals surface area contributed by atoms with Gasteiger partial charge >= 0.3 is 5.97 Å². The number of halogens is 1. The minimum absolute atomic E-state index is 0.00158. The quantitative estimate of drug-likeness (QED) is 0.784. The Morgan fingerprint density at radius 2 is 2.08 bits per heavy atom. The number of nitrogens with zero attached hydrogens (tertiary/aromatic N) is 1. The first-order chi connectivity index (χ1) is 11.3. The van der Waals surface area contributed by atoms with Gasteiger partial charge in [0.05, 0.1) is 36.2 Å². The van der Waals surface area contributed by atoms with Crippen molar-refractivity contribution in [3.8, 4) is 0 Å². The zero-order valence-corrected chi connectivity index (χ0v) is 14.9. The van der Waals surface area contributed by atoms with Gasteiger partial charge in [0.2, 0.25) is 10.0 Å². The predicted octanol–water partition coefficient (Wildman–Crippen LogP) is 2.58. The lowest BCUT2D eigenvalue weighted by Gasteiger charge is -2.16. The molecule has 0 atom stereocenters. The average molecular weight is 373 g/mol. The maximum absolute atomic E-state index is 12.3. The van der Waals surface area contributed by atoms with Crippen LogP contribution in [-0.2, 0) is 21.3 Å². The lowest BCUT2D eigenvalue weighted by molar-refractivity contribution is 0.0601. The minimum Gasteiger partial charge on any atom is -0.467 e. The number of furan rings is 1. The van der Waals surface area contributed by atoms with Crippen LogP contribution in [0, 0.1) is 0 Å². The summed E-state index contributed by atoms with van der Waals surface area (Å²) in [5.41, 5.74) is 0.412. The number of benzene rings is 1. The summed E-state index contributed by atoms with van der Waals surface area (Å²) in [4.78, 5) is 11.9. The number of hydrogen-bond donors (Lipinski definition) is 1. The molecule has 0 radical (unpaired) electrons. The van der Waals surface area contributed by atoms with Crippen molar-refractivity contribution in [2.75, 3.05) is 26.5 Å². The first-order valence-electron chi connectivity index (χ1n) is 6.88. The van der Waals surface area contributed by atoms with E-state index in [9.17, 15) is 13.2 Å². The number of carbonyl (C=O) groups excluding carboxylic acids is 1. The SMILES string of the molecule is COC(=O)c1cc(S(=O)(=O)N(C)C)c(Cl)cc1NCc1ccco1. The normalized spacial score (nSPS) is 11.5. The molecule has 0 bridgehead atoms. The molecule has 7 nitrogen and oxygen atoms in total. The highest BCUT2D eigenvalue weighted by atomic mass is 35.5. The molecule has 0 aliphatic carbocycles. The fourth-order valence-corrected chi connectivity index (χ4v) is 3.39. The van der Waals surface area contributed by atoms with E-state index >= 15 is 0 Å². The molecule has 0 saturated heterocycles. The number of ether oxygens (including phenoxy) is 1. The van der Waals surface area contributed by atoms with Crippen molar-refractivity contribution in [1.29, 1.82) is 0 Å². The summed E-state index contributed by atoms with van der Waals surface area (Å²) in [6.07, 6.45) is 1.53. The van der Waals surface area contributed by atoms with Crippen molar-refractivity contribution in [3.05, 3.63) is 46.9 Å². The first-order valence-corrected chi connectivity index (χ1v) is 8.69. The Kier molecular flexibility index (Phi) is 5.53. The number of anilines is 1. The first kappa shape index (κ1) is 18.3. The predicted molar refractivity (Wildman–Crippen MR) is 89.7 cm³/mol. The van der Waals surface area contributed by atoms with Crippen LogP contribution >= 0.6 is 11.6 Å². The summed E-state index contributed by atoms with van der Waals surface area (Å²) in [6, 6.07) is 6.08. The highest BCUT2D eigenvalue weighted by Crippen LogP contribution is 2.31. The second kappa shape index (κ2) is 7.25. The van der Waals surface area contributed by atoms with E-state index in [0.29, 0.717) is 18.0 Å². The summed E-state index contributed by atoms with van der Waals surface area (Å²) in [6.45, 7) is 0.299. The Balaban J connectivity index is 2.47. The zero-order valence-electron chi connectivity index (χ0n) is 13.4. The fraction of sp³-hybridized carbons (Fsp3) is 0.267. The molecule has 0 fully saturated rings. The van der Waals surface area contributed by atoms with Crippen molar-refractivity contribution >= 4 is 33.3 Å². The average Bonchev–Trinajstić information content (AvgIpc) is 3.05. The Labute approximate surface area is 145 Å². The second-order valence-electron chi connectivity index (χ2n) is 5.04. The second-order valence-corrected chi connectivity index (χ2v) is 7.57. The van der Waals surface area contributed by atoms with Gasteiger partial charge in [-0.25, -0.2) is 17.5 Å². The van der Waals surface area contributed by atoms with E-state index in [0.717, 1.165) is 4.31 Å². The molecule has 1 aromatic carbocycles. The molecule has 1 aromatic heterocycles. The summed E-state index contributed by atoms with van der Waals surface area (Å²) in [7, 11) is 0.179. The third-order valence-electron chi connectivity index (χ3n) is 3.27.